The Bertz CT molecular complexity index is 672. The summed E-state index contributed by atoms with van der Waals surface area (Å²) in [6.07, 6.45) is 0. The Hall–Kier alpha value is -1.44. The van der Waals surface area contributed by atoms with Crippen molar-refractivity contribution in [2.75, 3.05) is 18.8 Å². The van der Waals surface area contributed by atoms with Gasteiger partial charge in [-0.2, -0.15) is 0 Å². The van der Waals surface area contributed by atoms with Crippen molar-refractivity contribution in [3.8, 4) is 0 Å². The fourth-order valence-electron chi connectivity index (χ4n) is 1.88. The highest BCUT2D eigenvalue weighted by atomic mass is 35.5. The van der Waals surface area contributed by atoms with Crippen LogP contribution >= 0.6 is 11.6 Å². The number of imide groups is 1. The van der Waals surface area contributed by atoms with Crippen LogP contribution in [0.3, 0.4) is 0 Å². The van der Waals surface area contributed by atoms with Gasteiger partial charge in [0.2, 0.25) is 10.0 Å². The molecule has 0 fully saturated rings. The van der Waals surface area contributed by atoms with Crippen molar-refractivity contribution >= 4 is 33.4 Å². The maximum absolute atomic E-state index is 12.1. The van der Waals surface area contributed by atoms with E-state index >= 15 is 0 Å². The summed E-state index contributed by atoms with van der Waals surface area (Å²) in [5, 5.41) is 0.374. The normalized spacial score (nSPS) is 14.8. The van der Waals surface area contributed by atoms with Crippen LogP contribution in [0.25, 0.3) is 0 Å². The Morgan fingerprint density at radius 2 is 1.85 bits per heavy atom. The summed E-state index contributed by atoms with van der Waals surface area (Å²) >= 11 is 5.79. The first-order valence-corrected chi connectivity index (χ1v) is 8.02. The van der Waals surface area contributed by atoms with Crippen LogP contribution in [0.1, 0.15) is 27.6 Å². The van der Waals surface area contributed by atoms with Crippen molar-refractivity contribution in [2.24, 2.45) is 0 Å². The molecule has 2 amide bonds. The molecule has 108 valence electrons. The number of benzene rings is 1. The molecule has 0 aromatic heterocycles. The fourth-order valence-corrected chi connectivity index (χ4v) is 2.66. The highest BCUT2D eigenvalue weighted by Crippen LogP contribution is 2.25. The SMILES string of the molecule is CCS(=O)(=O)NCCN1C(=O)c2ccc(Cl)cc2C1=O. The smallest absolute Gasteiger partial charge is 0.261 e. The molecule has 20 heavy (non-hydrogen) atoms. The zero-order chi connectivity index (χ0) is 14.9. The lowest BCUT2D eigenvalue weighted by Gasteiger charge is -2.13. The predicted molar refractivity (Wildman–Crippen MR) is 74.3 cm³/mol. The number of carbonyl (C=O) groups is 2. The van der Waals surface area contributed by atoms with Crippen LogP contribution in [0.4, 0.5) is 0 Å². The van der Waals surface area contributed by atoms with E-state index in [-0.39, 0.29) is 30.0 Å². The van der Waals surface area contributed by atoms with Gasteiger partial charge in [-0.05, 0) is 25.1 Å². The number of halogens is 1. The second-order valence-electron chi connectivity index (χ2n) is 4.25. The van der Waals surface area contributed by atoms with Crippen LogP contribution in [-0.2, 0) is 10.0 Å². The second-order valence-corrected chi connectivity index (χ2v) is 6.78. The molecule has 0 radical (unpaired) electrons. The molecule has 1 aromatic rings. The number of carbonyl (C=O) groups excluding carboxylic acids is 2. The molecular weight excluding hydrogens is 304 g/mol. The molecule has 1 N–H and O–H groups in total. The van der Waals surface area contributed by atoms with E-state index in [9.17, 15) is 18.0 Å². The Balaban J connectivity index is 2.09. The molecule has 1 aromatic carbocycles. The predicted octanol–water partition coefficient (Wildman–Crippen LogP) is 0.875. The average molecular weight is 317 g/mol. The molecule has 8 heteroatoms. The van der Waals surface area contributed by atoms with Gasteiger partial charge in [0.05, 0.1) is 16.9 Å². The van der Waals surface area contributed by atoms with Crippen molar-refractivity contribution in [3.05, 3.63) is 34.3 Å². The lowest BCUT2D eigenvalue weighted by molar-refractivity contribution is 0.0657. The quantitative estimate of drug-likeness (QED) is 0.817. The molecule has 1 heterocycles. The molecule has 2 rings (SSSR count). The number of fused-ring (bicyclic) bond motifs is 1. The first-order chi connectivity index (χ1) is 9.35. The molecule has 1 aliphatic heterocycles. The third-order valence-corrected chi connectivity index (χ3v) is 4.61. The van der Waals surface area contributed by atoms with E-state index in [1.165, 1.54) is 25.1 Å². The number of nitrogens with one attached hydrogen (secondary N) is 1. The first-order valence-electron chi connectivity index (χ1n) is 5.99. The van der Waals surface area contributed by atoms with Crippen molar-refractivity contribution < 1.29 is 18.0 Å². The Morgan fingerprint density at radius 1 is 1.20 bits per heavy atom. The van der Waals surface area contributed by atoms with Gasteiger partial charge >= 0.3 is 0 Å². The summed E-state index contributed by atoms with van der Waals surface area (Å²) in [5.74, 6) is -0.939. The molecule has 0 saturated carbocycles. The minimum atomic E-state index is -3.34. The zero-order valence-electron chi connectivity index (χ0n) is 10.7. The summed E-state index contributed by atoms with van der Waals surface area (Å²) in [5.41, 5.74) is 0.540. The van der Waals surface area contributed by atoms with Crippen LogP contribution in [-0.4, -0.2) is 44.0 Å². The van der Waals surface area contributed by atoms with Crippen LogP contribution in [0.15, 0.2) is 18.2 Å². The van der Waals surface area contributed by atoms with E-state index in [4.69, 9.17) is 11.6 Å². The van der Waals surface area contributed by atoms with E-state index in [0.717, 1.165) is 4.90 Å². The summed E-state index contributed by atoms with van der Waals surface area (Å²) < 4.78 is 24.9. The topological polar surface area (TPSA) is 83.6 Å². The molecular formula is C12H13ClN2O4S. The van der Waals surface area contributed by atoms with Gasteiger partial charge in [-0.1, -0.05) is 11.6 Å². The Labute approximate surface area is 121 Å². The van der Waals surface area contributed by atoms with Gasteiger partial charge < -0.3 is 0 Å². The maximum atomic E-state index is 12.1. The summed E-state index contributed by atoms with van der Waals surface area (Å²) in [6, 6.07) is 4.47. The number of nitrogens with zero attached hydrogens (tertiary/aromatic N) is 1. The molecule has 0 unspecified atom stereocenters. The molecule has 1 aliphatic rings. The van der Waals surface area contributed by atoms with E-state index < -0.39 is 21.8 Å². The Morgan fingerprint density at radius 3 is 2.50 bits per heavy atom. The average Bonchev–Trinajstić information content (AvgIpc) is 2.63. The summed E-state index contributed by atoms with van der Waals surface area (Å²) in [6.45, 7) is 1.49. The van der Waals surface area contributed by atoms with Crippen LogP contribution in [0.5, 0.6) is 0 Å². The van der Waals surface area contributed by atoms with Crippen molar-refractivity contribution in [2.45, 2.75) is 6.92 Å². The van der Waals surface area contributed by atoms with Crippen molar-refractivity contribution in [3.63, 3.8) is 0 Å². The van der Waals surface area contributed by atoms with Crippen molar-refractivity contribution in [1.29, 1.82) is 0 Å². The third-order valence-electron chi connectivity index (χ3n) is 2.97. The second kappa shape index (κ2) is 5.51. The van der Waals surface area contributed by atoms with Gasteiger partial charge in [0, 0.05) is 18.1 Å². The largest absolute Gasteiger partial charge is 0.273 e. The van der Waals surface area contributed by atoms with E-state index in [2.05, 4.69) is 4.72 Å². The lowest BCUT2D eigenvalue weighted by Crippen LogP contribution is -2.38. The highest BCUT2D eigenvalue weighted by molar-refractivity contribution is 7.89. The van der Waals surface area contributed by atoms with Crippen LogP contribution < -0.4 is 4.72 Å². The lowest BCUT2D eigenvalue weighted by atomic mass is 10.1. The number of rotatable bonds is 5. The van der Waals surface area contributed by atoms with Crippen LogP contribution in [0, 0.1) is 0 Å². The molecule has 0 saturated heterocycles. The number of hydrogen-bond donors (Lipinski definition) is 1. The minimum Gasteiger partial charge on any atom is -0.273 e. The minimum absolute atomic E-state index is 0.00459. The number of amides is 2. The molecule has 6 nitrogen and oxygen atoms in total. The summed E-state index contributed by atoms with van der Waals surface area (Å²) in [7, 11) is -3.34. The highest BCUT2D eigenvalue weighted by Gasteiger charge is 2.35. The van der Waals surface area contributed by atoms with E-state index in [0.29, 0.717) is 5.02 Å². The van der Waals surface area contributed by atoms with Gasteiger partial charge in [0.1, 0.15) is 0 Å². The Kier molecular flexibility index (Phi) is 4.12. The molecule has 0 aliphatic carbocycles. The number of sulfonamides is 1. The maximum Gasteiger partial charge on any atom is 0.261 e. The van der Waals surface area contributed by atoms with E-state index in [1.54, 1.807) is 0 Å². The van der Waals surface area contributed by atoms with Gasteiger partial charge in [-0.25, -0.2) is 13.1 Å². The monoisotopic (exact) mass is 316 g/mol. The van der Waals surface area contributed by atoms with E-state index in [1.807, 2.05) is 0 Å². The standard InChI is InChI=1S/C12H13ClN2O4S/c1-2-20(18,19)14-5-6-15-11(16)9-4-3-8(13)7-10(9)12(15)17/h3-4,7,14H,2,5-6H2,1H3. The number of hydrogen-bond acceptors (Lipinski definition) is 4. The first kappa shape index (κ1) is 15.0. The zero-order valence-corrected chi connectivity index (χ0v) is 12.3. The molecule has 0 atom stereocenters. The van der Waals surface area contributed by atoms with Gasteiger partial charge in [-0.15, -0.1) is 0 Å². The van der Waals surface area contributed by atoms with Gasteiger partial charge in [0.25, 0.3) is 11.8 Å². The van der Waals surface area contributed by atoms with Gasteiger partial charge in [0.15, 0.2) is 0 Å². The molecule has 0 bridgehead atoms. The third kappa shape index (κ3) is 2.84. The van der Waals surface area contributed by atoms with Crippen LogP contribution in [0.2, 0.25) is 5.02 Å². The fraction of sp³-hybridized carbons (Fsp3) is 0.333. The van der Waals surface area contributed by atoms with Crippen molar-refractivity contribution in [1.82, 2.24) is 9.62 Å². The molecule has 0 spiro atoms. The summed E-state index contributed by atoms with van der Waals surface area (Å²) in [4.78, 5) is 25.1. The van der Waals surface area contributed by atoms with Gasteiger partial charge in [-0.3, -0.25) is 14.5 Å².